The van der Waals surface area contributed by atoms with Gasteiger partial charge in [0.15, 0.2) is 0 Å². The summed E-state index contributed by atoms with van der Waals surface area (Å²) in [6.07, 6.45) is 0.739. The summed E-state index contributed by atoms with van der Waals surface area (Å²) in [5.41, 5.74) is 2.18. The molecule has 2 aromatic rings. The Kier molecular flexibility index (Phi) is 3.87. The Morgan fingerprint density at radius 2 is 1.82 bits per heavy atom. The largest absolute Gasteiger partial charge is 0.344 e. The highest BCUT2D eigenvalue weighted by atomic mass is 19.1. The Balaban J connectivity index is 1.66. The second-order valence-corrected chi connectivity index (χ2v) is 5.11. The molecule has 2 aromatic carbocycles. The number of carbonyl (C=O) groups is 2. The van der Waals surface area contributed by atoms with Gasteiger partial charge in [-0.15, -0.1) is 0 Å². The van der Waals surface area contributed by atoms with E-state index in [0.29, 0.717) is 12.1 Å². The van der Waals surface area contributed by atoms with E-state index in [-0.39, 0.29) is 6.54 Å². The van der Waals surface area contributed by atoms with Crippen LogP contribution in [0.1, 0.15) is 11.1 Å². The van der Waals surface area contributed by atoms with E-state index in [9.17, 15) is 14.0 Å². The molecule has 0 unspecified atom stereocenters. The van der Waals surface area contributed by atoms with Crippen molar-refractivity contribution in [3.8, 4) is 0 Å². The van der Waals surface area contributed by atoms with E-state index in [4.69, 9.17) is 0 Å². The Hall–Kier alpha value is -2.69. The lowest BCUT2D eigenvalue weighted by Crippen LogP contribution is -2.42. The maximum atomic E-state index is 13.5. The summed E-state index contributed by atoms with van der Waals surface area (Å²) in [6.45, 7) is 0.484. The number of halogens is 1. The van der Waals surface area contributed by atoms with E-state index in [0.717, 1.165) is 17.7 Å². The third kappa shape index (κ3) is 2.70. The Labute approximate surface area is 127 Å². The molecule has 0 bridgehead atoms. The fraction of sp³-hybridized carbons (Fsp3) is 0.176. The number of para-hydroxylation sites is 1. The molecule has 1 heterocycles. The highest BCUT2D eigenvalue weighted by Crippen LogP contribution is 2.27. The van der Waals surface area contributed by atoms with Gasteiger partial charge >= 0.3 is 11.8 Å². The average Bonchev–Trinajstić information content (AvgIpc) is 2.97. The van der Waals surface area contributed by atoms with Crippen LogP contribution in [-0.2, 0) is 22.6 Å². The predicted molar refractivity (Wildman–Crippen MR) is 80.7 cm³/mol. The monoisotopic (exact) mass is 298 g/mol. The van der Waals surface area contributed by atoms with Gasteiger partial charge < -0.3 is 10.2 Å². The van der Waals surface area contributed by atoms with Crippen molar-refractivity contribution in [2.24, 2.45) is 0 Å². The maximum absolute atomic E-state index is 13.5. The van der Waals surface area contributed by atoms with E-state index in [1.54, 1.807) is 18.2 Å². The molecule has 0 fully saturated rings. The van der Waals surface area contributed by atoms with Crippen molar-refractivity contribution in [2.45, 2.75) is 13.0 Å². The number of nitrogens with zero attached hydrogens (tertiary/aromatic N) is 1. The van der Waals surface area contributed by atoms with Gasteiger partial charge in [0.2, 0.25) is 0 Å². The lowest BCUT2D eigenvalue weighted by molar-refractivity contribution is -0.137. The highest BCUT2D eigenvalue weighted by Gasteiger charge is 2.28. The first kappa shape index (κ1) is 14.3. The molecular formula is C17H15FN2O2. The van der Waals surface area contributed by atoms with Crippen LogP contribution in [-0.4, -0.2) is 18.4 Å². The topological polar surface area (TPSA) is 49.4 Å². The van der Waals surface area contributed by atoms with Crippen molar-refractivity contribution in [1.29, 1.82) is 0 Å². The summed E-state index contributed by atoms with van der Waals surface area (Å²) in [5.74, 6) is -1.73. The molecule has 3 rings (SSSR count). The molecule has 0 spiro atoms. The molecule has 0 saturated heterocycles. The van der Waals surface area contributed by atoms with Crippen LogP contribution in [0.15, 0.2) is 48.5 Å². The van der Waals surface area contributed by atoms with Crippen LogP contribution in [0.4, 0.5) is 10.1 Å². The first-order valence-electron chi connectivity index (χ1n) is 7.08. The zero-order chi connectivity index (χ0) is 15.5. The highest BCUT2D eigenvalue weighted by molar-refractivity contribution is 6.40. The second kappa shape index (κ2) is 5.97. The molecule has 0 radical (unpaired) electrons. The number of hydrogen-bond acceptors (Lipinski definition) is 2. The zero-order valence-electron chi connectivity index (χ0n) is 11.9. The number of fused-ring (bicyclic) bond motifs is 1. The van der Waals surface area contributed by atoms with Crippen molar-refractivity contribution < 1.29 is 14.0 Å². The van der Waals surface area contributed by atoms with E-state index < -0.39 is 17.6 Å². The fourth-order valence-corrected chi connectivity index (χ4v) is 2.56. The summed E-state index contributed by atoms with van der Waals surface area (Å²) < 4.78 is 13.5. The Morgan fingerprint density at radius 1 is 1.09 bits per heavy atom. The average molecular weight is 298 g/mol. The molecule has 0 aliphatic carbocycles. The SMILES string of the molecule is O=C(NCc1ccccc1F)C(=O)N1CCc2ccccc21. The van der Waals surface area contributed by atoms with Gasteiger partial charge in [0.1, 0.15) is 5.82 Å². The van der Waals surface area contributed by atoms with Crippen molar-refractivity contribution in [3.05, 3.63) is 65.5 Å². The molecule has 0 atom stereocenters. The van der Waals surface area contributed by atoms with Gasteiger partial charge in [-0.1, -0.05) is 36.4 Å². The number of rotatable bonds is 2. The molecule has 0 saturated carbocycles. The minimum atomic E-state index is -0.722. The standard InChI is InChI=1S/C17H15FN2O2/c18-14-7-3-1-6-13(14)11-19-16(21)17(22)20-10-9-12-5-2-4-8-15(12)20/h1-8H,9-11H2,(H,19,21). The number of amides is 2. The van der Waals surface area contributed by atoms with E-state index >= 15 is 0 Å². The summed E-state index contributed by atoms with van der Waals surface area (Å²) in [5, 5.41) is 2.48. The first-order valence-corrected chi connectivity index (χ1v) is 7.08. The lowest BCUT2D eigenvalue weighted by atomic mass is 10.2. The summed E-state index contributed by atoms with van der Waals surface area (Å²) in [7, 11) is 0. The van der Waals surface area contributed by atoms with Crippen molar-refractivity contribution in [3.63, 3.8) is 0 Å². The molecule has 0 aromatic heterocycles. The smallest absolute Gasteiger partial charge is 0.316 e. The van der Waals surface area contributed by atoms with Crippen LogP contribution in [0.5, 0.6) is 0 Å². The van der Waals surface area contributed by atoms with Gasteiger partial charge in [-0.05, 0) is 24.1 Å². The second-order valence-electron chi connectivity index (χ2n) is 5.11. The number of benzene rings is 2. The Morgan fingerprint density at radius 3 is 2.64 bits per heavy atom. The lowest BCUT2D eigenvalue weighted by Gasteiger charge is -2.16. The van der Waals surface area contributed by atoms with Crippen LogP contribution >= 0.6 is 0 Å². The van der Waals surface area contributed by atoms with Gasteiger partial charge in [0.25, 0.3) is 0 Å². The minimum absolute atomic E-state index is 0.00721. The fourth-order valence-electron chi connectivity index (χ4n) is 2.56. The van der Waals surface area contributed by atoms with Crippen LogP contribution in [0.3, 0.4) is 0 Å². The molecule has 1 N–H and O–H groups in total. The number of hydrogen-bond donors (Lipinski definition) is 1. The Bertz CT molecular complexity index is 730. The summed E-state index contributed by atoms with van der Waals surface area (Å²) >= 11 is 0. The molecule has 1 aliphatic rings. The summed E-state index contributed by atoms with van der Waals surface area (Å²) in [6, 6.07) is 13.7. The zero-order valence-corrected chi connectivity index (χ0v) is 11.9. The number of nitrogens with one attached hydrogen (secondary N) is 1. The molecule has 22 heavy (non-hydrogen) atoms. The van der Waals surface area contributed by atoms with Gasteiger partial charge in [0.05, 0.1) is 0 Å². The van der Waals surface area contributed by atoms with Crippen LogP contribution in [0.2, 0.25) is 0 Å². The summed E-state index contributed by atoms with van der Waals surface area (Å²) in [4.78, 5) is 25.7. The van der Waals surface area contributed by atoms with Crippen LogP contribution in [0.25, 0.3) is 0 Å². The van der Waals surface area contributed by atoms with Gasteiger partial charge in [-0.25, -0.2) is 4.39 Å². The number of anilines is 1. The normalized spacial score (nSPS) is 12.9. The third-order valence-corrected chi connectivity index (χ3v) is 3.72. The van der Waals surface area contributed by atoms with Crippen LogP contribution in [0, 0.1) is 5.82 Å². The van der Waals surface area contributed by atoms with Crippen molar-refractivity contribution in [2.75, 3.05) is 11.4 Å². The van der Waals surface area contributed by atoms with E-state index in [2.05, 4.69) is 5.32 Å². The van der Waals surface area contributed by atoms with E-state index in [1.807, 2.05) is 24.3 Å². The molecule has 1 aliphatic heterocycles. The minimum Gasteiger partial charge on any atom is -0.344 e. The molecule has 2 amide bonds. The molecule has 5 heteroatoms. The van der Waals surface area contributed by atoms with Gasteiger partial charge in [0, 0.05) is 24.3 Å². The quantitative estimate of drug-likeness (QED) is 0.863. The van der Waals surface area contributed by atoms with Gasteiger partial charge in [-0.3, -0.25) is 9.59 Å². The molecule has 4 nitrogen and oxygen atoms in total. The molecule has 112 valence electrons. The van der Waals surface area contributed by atoms with E-state index in [1.165, 1.54) is 11.0 Å². The molecular weight excluding hydrogens is 283 g/mol. The van der Waals surface area contributed by atoms with Crippen molar-refractivity contribution >= 4 is 17.5 Å². The predicted octanol–water partition coefficient (Wildman–Crippen LogP) is 2.03. The van der Waals surface area contributed by atoms with Crippen LogP contribution < -0.4 is 10.2 Å². The van der Waals surface area contributed by atoms with Gasteiger partial charge in [-0.2, -0.15) is 0 Å². The number of carbonyl (C=O) groups excluding carboxylic acids is 2. The third-order valence-electron chi connectivity index (χ3n) is 3.72. The first-order chi connectivity index (χ1) is 10.7. The maximum Gasteiger partial charge on any atom is 0.316 e. The van der Waals surface area contributed by atoms with Crippen molar-refractivity contribution in [1.82, 2.24) is 5.32 Å².